The Kier molecular flexibility index (Phi) is 3.90. The molecule has 2 heteroatoms. The normalized spacial score (nSPS) is 15.2. The molecule has 3 rings (SSSR count). The molecule has 1 aliphatic heterocycles. The molecule has 0 bridgehead atoms. The number of nitrogens with zero attached hydrogens (tertiary/aromatic N) is 1. The summed E-state index contributed by atoms with van der Waals surface area (Å²) in [6.45, 7) is 3.27. The Morgan fingerprint density at radius 2 is 1.58 bits per heavy atom. The van der Waals surface area contributed by atoms with Crippen LogP contribution in [0.15, 0.2) is 48.5 Å². The van der Waals surface area contributed by atoms with Crippen LogP contribution in [0.2, 0.25) is 0 Å². The lowest BCUT2D eigenvalue weighted by Crippen LogP contribution is -2.29. The van der Waals surface area contributed by atoms with Gasteiger partial charge in [-0.05, 0) is 28.7 Å². The summed E-state index contributed by atoms with van der Waals surface area (Å²) in [5, 5.41) is 0. The molecule has 0 aliphatic carbocycles. The van der Waals surface area contributed by atoms with Crippen molar-refractivity contribution < 1.29 is 0 Å². The average Bonchev–Trinajstić information content (AvgIpc) is 2.48. The van der Waals surface area contributed by atoms with Gasteiger partial charge in [0.1, 0.15) is 0 Å². The zero-order valence-corrected chi connectivity index (χ0v) is 11.9. The maximum atomic E-state index is 4.30. The highest BCUT2D eigenvalue weighted by atomic mass is 32.1. The molecular formula is C17H19NS. The van der Waals surface area contributed by atoms with Crippen LogP contribution in [0.4, 0.5) is 0 Å². The largest absolute Gasteiger partial charge is 0.294 e. The average molecular weight is 269 g/mol. The van der Waals surface area contributed by atoms with Crippen molar-refractivity contribution in [3.8, 4) is 0 Å². The van der Waals surface area contributed by atoms with Crippen LogP contribution in [-0.4, -0.2) is 11.4 Å². The molecule has 0 atom stereocenters. The first-order valence-electron chi connectivity index (χ1n) is 6.83. The molecule has 0 saturated heterocycles. The maximum Gasteiger partial charge on any atom is 0.0240 e. The molecule has 0 aromatic heterocycles. The second-order valence-electron chi connectivity index (χ2n) is 5.20. The van der Waals surface area contributed by atoms with E-state index in [2.05, 4.69) is 66.1 Å². The fourth-order valence-corrected chi connectivity index (χ4v) is 2.91. The van der Waals surface area contributed by atoms with Crippen molar-refractivity contribution in [2.45, 2.75) is 25.3 Å². The van der Waals surface area contributed by atoms with Crippen LogP contribution in [0.25, 0.3) is 0 Å². The standard InChI is InChI=1S/C17H19NS/c19-13-15-7-5-14(6-8-15)11-18-10-9-16-3-1-2-4-17(16)12-18/h1-8,19H,9-13H2. The fourth-order valence-electron chi connectivity index (χ4n) is 2.70. The highest BCUT2D eigenvalue weighted by Gasteiger charge is 2.15. The Morgan fingerprint density at radius 1 is 0.895 bits per heavy atom. The Morgan fingerprint density at radius 3 is 2.32 bits per heavy atom. The monoisotopic (exact) mass is 269 g/mol. The van der Waals surface area contributed by atoms with E-state index in [0.29, 0.717) is 0 Å². The zero-order chi connectivity index (χ0) is 13.1. The van der Waals surface area contributed by atoms with Gasteiger partial charge >= 0.3 is 0 Å². The van der Waals surface area contributed by atoms with E-state index >= 15 is 0 Å². The van der Waals surface area contributed by atoms with E-state index in [9.17, 15) is 0 Å². The van der Waals surface area contributed by atoms with Gasteiger partial charge in [0.15, 0.2) is 0 Å². The van der Waals surface area contributed by atoms with Crippen LogP contribution in [0, 0.1) is 0 Å². The summed E-state index contributed by atoms with van der Waals surface area (Å²) in [6.07, 6.45) is 1.17. The van der Waals surface area contributed by atoms with E-state index in [1.54, 1.807) is 0 Å². The summed E-state index contributed by atoms with van der Waals surface area (Å²) >= 11 is 4.30. The molecule has 0 N–H and O–H groups in total. The van der Waals surface area contributed by atoms with Crippen LogP contribution < -0.4 is 0 Å². The minimum atomic E-state index is 0.817. The predicted octanol–water partition coefficient (Wildman–Crippen LogP) is 3.67. The summed E-state index contributed by atoms with van der Waals surface area (Å²) in [6, 6.07) is 17.6. The van der Waals surface area contributed by atoms with E-state index in [4.69, 9.17) is 0 Å². The summed E-state index contributed by atoms with van der Waals surface area (Å²) in [4.78, 5) is 2.53. The Labute approximate surface area is 120 Å². The van der Waals surface area contributed by atoms with Gasteiger partial charge in [0.2, 0.25) is 0 Å². The molecular weight excluding hydrogens is 250 g/mol. The van der Waals surface area contributed by atoms with Gasteiger partial charge in [-0.2, -0.15) is 12.6 Å². The summed E-state index contributed by atoms with van der Waals surface area (Å²) in [7, 11) is 0. The van der Waals surface area contributed by atoms with Crippen molar-refractivity contribution in [3.63, 3.8) is 0 Å². The van der Waals surface area contributed by atoms with Crippen molar-refractivity contribution in [1.29, 1.82) is 0 Å². The molecule has 2 aromatic carbocycles. The molecule has 1 aliphatic rings. The second-order valence-corrected chi connectivity index (χ2v) is 5.52. The summed E-state index contributed by atoms with van der Waals surface area (Å²) < 4.78 is 0. The van der Waals surface area contributed by atoms with Crippen molar-refractivity contribution in [2.75, 3.05) is 6.54 Å². The van der Waals surface area contributed by atoms with E-state index in [1.165, 1.54) is 28.7 Å². The molecule has 0 saturated carbocycles. The lowest BCUT2D eigenvalue weighted by Gasteiger charge is -2.28. The molecule has 1 heterocycles. The van der Waals surface area contributed by atoms with Gasteiger partial charge < -0.3 is 0 Å². The first-order chi connectivity index (χ1) is 9.35. The molecule has 98 valence electrons. The van der Waals surface area contributed by atoms with Gasteiger partial charge in [0.25, 0.3) is 0 Å². The number of hydrogen-bond acceptors (Lipinski definition) is 2. The third-order valence-corrected chi connectivity index (χ3v) is 4.19. The lowest BCUT2D eigenvalue weighted by molar-refractivity contribution is 0.245. The summed E-state index contributed by atoms with van der Waals surface area (Å²) in [5.74, 6) is 0.817. The van der Waals surface area contributed by atoms with E-state index in [0.717, 1.165) is 25.4 Å². The number of thiol groups is 1. The van der Waals surface area contributed by atoms with Crippen molar-refractivity contribution in [1.82, 2.24) is 4.90 Å². The van der Waals surface area contributed by atoms with Crippen LogP contribution >= 0.6 is 12.6 Å². The maximum absolute atomic E-state index is 4.30. The fraction of sp³-hybridized carbons (Fsp3) is 0.294. The van der Waals surface area contributed by atoms with E-state index in [1.807, 2.05) is 0 Å². The first kappa shape index (κ1) is 12.8. The molecule has 0 radical (unpaired) electrons. The lowest BCUT2D eigenvalue weighted by atomic mass is 9.99. The minimum Gasteiger partial charge on any atom is -0.294 e. The van der Waals surface area contributed by atoms with Crippen molar-refractivity contribution in [3.05, 3.63) is 70.8 Å². The Hall–Kier alpha value is -1.25. The number of rotatable bonds is 3. The third kappa shape index (κ3) is 3.02. The van der Waals surface area contributed by atoms with Crippen LogP contribution in [-0.2, 0) is 25.3 Å². The number of fused-ring (bicyclic) bond motifs is 1. The van der Waals surface area contributed by atoms with Gasteiger partial charge in [-0.25, -0.2) is 0 Å². The van der Waals surface area contributed by atoms with Crippen molar-refractivity contribution >= 4 is 12.6 Å². The summed E-state index contributed by atoms with van der Waals surface area (Å²) in [5.41, 5.74) is 5.69. The van der Waals surface area contributed by atoms with Crippen molar-refractivity contribution in [2.24, 2.45) is 0 Å². The molecule has 19 heavy (non-hydrogen) atoms. The molecule has 1 nitrogen and oxygen atoms in total. The van der Waals surface area contributed by atoms with E-state index < -0.39 is 0 Å². The van der Waals surface area contributed by atoms with Gasteiger partial charge in [0.05, 0.1) is 0 Å². The van der Waals surface area contributed by atoms with Gasteiger partial charge in [-0.15, -0.1) is 0 Å². The Bertz CT molecular complexity index is 547. The second kappa shape index (κ2) is 5.81. The minimum absolute atomic E-state index is 0.817. The number of hydrogen-bond donors (Lipinski definition) is 1. The SMILES string of the molecule is SCc1ccc(CN2CCc3ccccc3C2)cc1. The third-order valence-electron chi connectivity index (χ3n) is 3.82. The molecule has 0 amide bonds. The highest BCUT2D eigenvalue weighted by molar-refractivity contribution is 7.79. The predicted molar refractivity (Wildman–Crippen MR) is 83.4 cm³/mol. The van der Waals surface area contributed by atoms with E-state index in [-0.39, 0.29) is 0 Å². The molecule has 2 aromatic rings. The van der Waals surface area contributed by atoms with Gasteiger partial charge in [0, 0.05) is 25.4 Å². The molecule has 0 spiro atoms. The Balaban J connectivity index is 1.68. The van der Waals surface area contributed by atoms with Gasteiger partial charge in [-0.1, -0.05) is 48.5 Å². The van der Waals surface area contributed by atoms with Crippen LogP contribution in [0.3, 0.4) is 0 Å². The van der Waals surface area contributed by atoms with Crippen LogP contribution in [0.1, 0.15) is 22.3 Å². The highest BCUT2D eigenvalue weighted by Crippen LogP contribution is 2.20. The quantitative estimate of drug-likeness (QED) is 0.832. The topological polar surface area (TPSA) is 3.24 Å². The smallest absolute Gasteiger partial charge is 0.0240 e. The first-order valence-corrected chi connectivity index (χ1v) is 7.46. The zero-order valence-electron chi connectivity index (χ0n) is 11.0. The molecule has 0 fully saturated rings. The number of benzene rings is 2. The van der Waals surface area contributed by atoms with Crippen LogP contribution in [0.5, 0.6) is 0 Å². The van der Waals surface area contributed by atoms with Gasteiger partial charge in [-0.3, -0.25) is 4.90 Å². The molecule has 0 unspecified atom stereocenters.